The van der Waals surface area contributed by atoms with Crippen LogP contribution in [0.5, 0.6) is 0 Å². The topological polar surface area (TPSA) is 148 Å². The van der Waals surface area contributed by atoms with Crippen LogP contribution in [-0.4, -0.2) is 23.5 Å². The standard InChI is InChI=1S/C18H19ClN6O3/c1-9-14-12(22-25-18(20)21)3-2-4-13(14)28-15(9)17(27)24-23-16(26)10-5-7-11(19)8-6-10/h5-8H,2-4H2,1H3,(H,23,26)(H,24,27)(H4,20,21,25)/b22-12+. The third kappa shape index (κ3) is 4.15. The highest BCUT2D eigenvalue weighted by molar-refractivity contribution is 6.30. The molecule has 0 bridgehead atoms. The fraction of sp³-hybridized carbons (Fsp3) is 0.222. The largest absolute Gasteiger partial charge is 0.455 e. The average Bonchev–Trinajstić information content (AvgIpc) is 3.02. The van der Waals surface area contributed by atoms with Crippen LogP contribution in [0.15, 0.2) is 38.9 Å². The van der Waals surface area contributed by atoms with Gasteiger partial charge >= 0.3 is 5.91 Å². The molecule has 9 nitrogen and oxygen atoms in total. The van der Waals surface area contributed by atoms with E-state index < -0.39 is 11.8 Å². The molecule has 1 aromatic carbocycles. The number of rotatable bonds is 3. The van der Waals surface area contributed by atoms with Crippen LogP contribution in [0.1, 0.15) is 50.6 Å². The van der Waals surface area contributed by atoms with E-state index in [1.807, 2.05) is 0 Å². The van der Waals surface area contributed by atoms with Gasteiger partial charge in [-0.15, -0.1) is 5.10 Å². The molecule has 0 spiro atoms. The summed E-state index contributed by atoms with van der Waals surface area (Å²) in [6.45, 7) is 1.74. The lowest BCUT2D eigenvalue weighted by atomic mass is 9.93. The number of halogens is 1. The molecule has 28 heavy (non-hydrogen) atoms. The smallest absolute Gasteiger partial charge is 0.305 e. The van der Waals surface area contributed by atoms with Crippen molar-refractivity contribution in [3.63, 3.8) is 0 Å². The van der Waals surface area contributed by atoms with Gasteiger partial charge in [0.15, 0.2) is 5.76 Å². The number of hydrazine groups is 1. The molecule has 0 saturated heterocycles. The second-order valence-electron chi connectivity index (χ2n) is 6.19. The van der Waals surface area contributed by atoms with E-state index >= 15 is 0 Å². The summed E-state index contributed by atoms with van der Waals surface area (Å²) in [4.78, 5) is 24.6. The van der Waals surface area contributed by atoms with Crippen molar-refractivity contribution in [2.75, 3.05) is 0 Å². The Kier molecular flexibility index (Phi) is 5.65. The number of amides is 2. The molecule has 3 rings (SSSR count). The van der Waals surface area contributed by atoms with Crippen LogP contribution in [0.4, 0.5) is 0 Å². The first-order valence-corrected chi connectivity index (χ1v) is 8.89. The number of guanidine groups is 1. The van der Waals surface area contributed by atoms with Crippen molar-refractivity contribution in [1.29, 1.82) is 0 Å². The molecule has 0 saturated carbocycles. The highest BCUT2D eigenvalue weighted by atomic mass is 35.5. The highest BCUT2D eigenvalue weighted by Crippen LogP contribution is 2.30. The molecule has 1 aliphatic carbocycles. The number of carbonyl (C=O) groups excluding carboxylic acids is 2. The third-order valence-corrected chi connectivity index (χ3v) is 4.47. The van der Waals surface area contributed by atoms with Crippen molar-refractivity contribution >= 4 is 35.1 Å². The summed E-state index contributed by atoms with van der Waals surface area (Å²) in [6, 6.07) is 6.26. The molecule has 0 radical (unpaired) electrons. The Balaban J connectivity index is 1.76. The molecule has 6 N–H and O–H groups in total. The van der Waals surface area contributed by atoms with Gasteiger partial charge in [0, 0.05) is 28.1 Å². The Morgan fingerprint density at radius 2 is 1.79 bits per heavy atom. The van der Waals surface area contributed by atoms with Crippen molar-refractivity contribution in [2.45, 2.75) is 26.2 Å². The molecule has 1 heterocycles. The highest BCUT2D eigenvalue weighted by Gasteiger charge is 2.28. The first kappa shape index (κ1) is 19.4. The van der Waals surface area contributed by atoms with E-state index in [1.165, 1.54) is 0 Å². The van der Waals surface area contributed by atoms with E-state index in [-0.39, 0.29) is 11.7 Å². The molecule has 0 unspecified atom stereocenters. The number of furan rings is 1. The van der Waals surface area contributed by atoms with Crippen molar-refractivity contribution in [2.24, 2.45) is 21.7 Å². The lowest BCUT2D eigenvalue weighted by Gasteiger charge is -2.11. The predicted octanol–water partition coefficient (Wildman–Crippen LogP) is 1.63. The van der Waals surface area contributed by atoms with Crippen molar-refractivity contribution in [1.82, 2.24) is 10.9 Å². The molecule has 1 aliphatic rings. The minimum atomic E-state index is -0.574. The molecule has 2 aromatic rings. The number of hydrogen-bond donors (Lipinski definition) is 4. The van der Waals surface area contributed by atoms with Gasteiger partial charge in [-0.2, -0.15) is 5.10 Å². The zero-order chi connectivity index (χ0) is 20.3. The summed E-state index contributed by atoms with van der Waals surface area (Å²) in [5.74, 6) is -0.462. The van der Waals surface area contributed by atoms with Crippen molar-refractivity contribution in [3.05, 3.63) is 57.5 Å². The lowest BCUT2D eigenvalue weighted by molar-refractivity contribution is 0.0829. The summed E-state index contributed by atoms with van der Waals surface area (Å²) >= 11 is 5.80. The maximum Gasteiger partial charge on any atom is 0.305 e. The quantitative estimate of drug-likeness (QED) is 0.350. The Morgan fingerprint density at radius 3 is 2.46 bits per heavy atom. The SMILES string of the molecule is Cc1c(C(=O)NNC(=O)c2ccc(Cl)cc2)oc2c1/C(=N/N=C(N)N)CCC2. The predicted molar refractivity (Wildman–Crippen MR) is 105 cm³/mol. The van der Waals surface area contributed by atoms with E-state index in [0.717, 1.165) is 12.0 Å². The van der Waals surface area contributed by atoms with Crippen LogP contribution in [0, 0.1) is 6.92 Å². The second-order valence-corrected chi connectivity index (χ2v) is 6.63. The molecule has 146 valence electrons. The number of nitrogens with two attached hydrogens (primary N) is 2. The van der Waals surface area contributed by atoms with Gasteiger partial charge in [-0.1, -0.05) is 11.6 Å². The number of carbonyl (C=O) groups is 2. The van der Waals surface area contributed by atoms with Crippen molar-refractivity contribution in [3.8, 4) is 0 Å². The minimum Gasteiger partial charge on any atom is -0.455 e. The van der Waals surface area contributed by atoms with Gasteiger partial charge in [-0.3, -0.25) is 20.4 Å². The molecule has 2 amide bonds. The summed E-state index contributed by atoms with van der Waals surface area (Å²) in [7, 11) is 0. The molecule has 0 atom stereocenters. The molecule has 1 aromatic heterocycles. The van der Waals surface area contributed by atoms with Gasteiger partial charge in [0.1, 0.15) is 5.76 Å². The lowest BCUT2D eigenvalue weighted by Crippen LogP contribution is -2.41. The number of hydrogen-bond acceptors (Lipinski definition) is 5. The Morgan fingerprint density at radius 1 is 1.11 bits per heavy atom. The van der Waals surface area contributed by atoms with Gasteiger partial charge in [-0.05, 0) is 44.0 Å². The van der Waals surface area contributed by atoms with Gasteiger partial charge in [0.05, 0.1) is 5.71 Å². The number of benzene rings is 1. The van der Waals surface area contributed by atoms with Crippen LogP contribution in [0.25, 0.3) is 0 Å². The second kappa shape index (κ2) is 8.13. The molecule has 0 aliphatic heterocycles. The van der Waals surface area contributed by atoms with Gasteiger partial charge < -0.3 is 15.9 Å². The third-order valence-electron chi connectivity index (χ3n) is 4.21. The van der Waals surface area contributed by atoms with E-state index in [9.17, 15) is 9.59 Å². The number of fused-ring (bicyclic) bond motifs is 1. The average molecular weight is 403 g/mol. The molecular weight excluding hydrogens is 384 g/mol. The van der Waals surface area contributed by atoms with Crippen LogP contribution in [0.3, 0.4) is 0 Å². The van der Waals surface area contributed by atoms with Crippen LogP contribution in [-0.2, 0) is 6.42 Å². The van der Waals surface area contributed by atoms with E-state index in [0.29, 0.717) is 40.5 Å². The summed E-state index contributed by atoms with van der Waals surface area (Å²) in [5.41, 5.74) is 17.7. The number of aryl methyl sites for hydroxylation is 1. The molecule has 10 heteroatoms. The molecular formula is C18H19ClN6O3. The summed E-state index contributed by atoms with van der Waals surface area (Å²) < 4.78 is 5.72. The monoisotopic (exact) mass is 402 g/mol. The van der Waals surface area contributed by atoms with Gasteiger partial charge in [0.25, 0.3) is 5.91 Å². The Hall–Kier alpha value is -3.33. The van der Waals surface area contributed by atoms with Crippen molar-refractivity contribution < 1.29 is 14.0 Å². The number of nitrogens with zero attached hydrogens (tertiary/aromatic N) is 2. The fourth-order valence-corrected chi connectivity index (χ4v) is 3.07. The first-order chi connectivity index (χ1) is 13.4. The van der Waals surface area contributed by atoms with Crippen LogP contribution >= 0.6 is 11.6 Å². The zero-order valence-corrected chi connectivity index (χ0v) is 15.8. The summed E-state index contributed by atoms with van der Waals surface area (Å²) in [6.07, 6.45) is 2.13. The Bertz CT molecular complexity index is 974. The maximum atomic E-state index is 12.5. The summed E-state index contributed by atoms with van der Waals surface area (Å²) in [5, 5.41) is 8.26. The minimum absolute atomic E-state index is 0.0979. The van der Waals surface area contributed by atoms with Gasteiger partial charge in [-0.25, -0.2) is 0 Å². The van der Waals surface area contributed by atoms with Crippen LogP contribution in [0.2, 0.25) is 5.02 Å². The normalized spacial score (nSPS) is 14.3. The first-order valence-electron chi connectivity index (χ1n) is 8.51. The Labute approximate surface area is 165 Å². The van der Waals surface area contributed by atoms with Crippen LogP contribution < -0.4 is 22.3 Å². The maximum absolute atomic E-state index is 12.5. The van der Waals surface area contributed by atoms with E-state index in [2.05, 4.69) is 21.1 Å². The fourth-order valence-electron chi connectivity index (χ4n) is 2.95. The number of nitrogens with one attached hydrogen (secondary N) is 2. The van der Waals surface area contributed by atoms with Gasteiger partial charge in [0.2, 0.25) is 5.96 Å². The zero-order valence-electron chi connectivity index (χ0n) is 15.1. The van der Waals surface area contributed by atoms with E-state index in [4.69, 9.17) is 27.5 Å². The molecule has 0 fully saturated rings. The van der Waals surface area contributed by atoms with E-state index in [1.54, 1.807) is 31.2 Å².